The molecule has 0 N–H and O–H groups in total. The minimum Gasteiger partial charge on any atom is -0.218 e. The number of halogens is 3. The van der Waals surface area contributed by atoms with E-state index in [4.69, 9.17) is 5.26 Å². The van der Waals surface area contributed by atoms with E-state index in [9.17, 15) is 21.6 Å². The van der Waals surface area contributed by atoms with Gasteiger partial charge in [0.05, 0.1) is 6.07 Å². The van der Waals surface area contributed by atoms with Gasteiger partial charge in [-0.05, 0) is 0 Å². The summed E-state index contributed by atoms with van der Waals surface area (Å²) in [5.74, 6) is -1.52. The zero-order valence-corrected chi connectivity index (χ0v) is 5.33. The fourth-order valence-electron chi connectivity index (χ4n) is 0.167. The first kappa shape index (κ1) is 9.23. The van der Waals surface area contributed by atoms with Crippen molar-refractivity contribution in [2.24, 2.45) is 0 Å². The van der Waals surface area contributed by atoms with Crippen LogP contribution in [0.3, 0.4) is 0 Å². The van der Waals surface area contributed by atoms with Crippen LogP contribution in [0.1, 0.15) is 0 Å². The molecule has 0 saturated carbocycles. The Labute approximate surface area is 55.0 Å². The molecule has 0 heterocycles. The maximum atomic E-state index is 11.3. The molecule has 7 heteroatoms. The molecule has 0 aromatic carbocycles. The number of hydrogen-bond acceptors (Lipinski definition) is 3. The van der Waals surface area contributed by atoms with Crippen LogP contribution in [0, 0.1) is 11.3 Å². The normalized spacial score (nSPS) is 12.6. The average molecular weight is 173 g/mol. The monoisotopic (exact) mass is 173 g/mol. The molecule has 0 aliphatic heterocycles. The van der Waals surface area contributed by atoms with Gasteiger partial charge in [-0.1, -0.05) is 0 Å². The van der Waals surface area contributed by atoms with Gasteiger partial charge in [-0.3, -0.25) is 0 Å². The SMILES string of the molecule is N#CCS(=O)(=O)C(F)(F)F. The Balaban J connectivity index is 4.65. The Morgan fingerprint density at radius 2 is 1.80 bits per heavy atom. The van der Waals surface area contributed by atoms with Crippen LogP contribution in [0.2, 0.25) is 0 Å². The third-order valence-electron chi connectivity index (χ3n) is 0.607. The van der Waals surface area contributed by atoms with Gasteiger partial charge in [-0.25, -0.2) is 8.42 Å². The van der Waals surface area contributed by atoms with Gasteiger partial charge in [-0.2, -0.15) is 18.4 Å². The van der Waals surface area contributed by atoms with Crippen LogP contribution in [0.5, 0.6) is 0 Å². The average Bonchev–Trinajstić information content (AvgIpc) is 1.61. The summed E-state index contributed by atoms with van der Waals surface area (Å²) in [7, 11) is -5.21. The van der Waals surface area contributed by atoms with Crippen LogP contribution >= 0.6 is 0 Å². The van der Waals surface area contributed by atoms with Gasteiger partial charge in [-0.15, -0.1) is 0 Å². The van der Waals surface area contributed by atoms with E-state index in [-0.39, 0.29) is 0 Å². The van der Waals surface area contributed by atoms with Gasteiger partial charge >= 0.3 is 5.51 Å². The lowest BCUT2D eigenvalue weighted by atomic mass is 10.9. The van der Waals surface area contributed by atoms with E-state index >= 15 is 0 Å². The van der Waals surface area contributed by atoms with E-state index in [2.05, 4.69) is 0 Å². The minimum atomic E-state index is -5.30. The Kier molecular flexibility index (Phi) is 2.27. The van der Waals surface area contributed by atoms with Gasteiger partial charge in [0.15, 0.2) is 0 Å². The first-order valence-electron chi connectivity index (χ1n) is 1.97. The molecule has 0 aliphatic carbocycles. The summed E-state index contributed by atoms with van der Waals surface area (Å²) < 4.78 is 53.7. The molecule has 0 aliphatic rings. The van der Waals surface area contributed by atoms with E-state index in [1.807, 2.05) is 0 Å². The van der Waals surface area contributed by atoms with Gasteiger partial charge in [0.25, 0.3) is 9.84 Å². The van der Waals surface area contributed by atoms with Crippen LogP contribution in [0.25, 0.3) is 0 Å². The second-order valence-corrected chi connectivity index (χ2v) is 3.34. The highest BCUT2D eigenvalue weighted by Crippen LogP contribution is 2.22. The van der Waals surface area contributed by atoms with Gasteiger partial charge in [0.2, 0.25) is 0 Å². The molecule has 58 valence electrons. The first-order chi connectivity index (χ1) is 4.31. The number of hydrogen-bond donors (Lipinski definition) is 0. The summed E-state index contributed by atoms with van der Waals surface area (Å²) in [6.07, 6.45) is 0. The third kappa shape index (κ3) is 1.88. The number of sulfone groups is 1. The molecule has 0 saturated heterocycles. The van der Waals surface area contributed by atoms with E-state index in [0.717, 1.165) is 6.07 Å². The number of nitrogens with zero attached hydrogens (tertiary/aromatic N) is 1. The fourth-order valence-corrected chi connectivity index (χ4v) is 0.500. The Bertz CT molecular complexity index is 246. The molecule has 0 aromatic rings. The van der Waals surface area contributed by atoms with Crippen molar-refractivity contribution in [2.75, 3.05) is 5.75 Å². The van der Waals surface area contributed by atoms with Gasteiger partial charge in [0.1, 0.15) is 5.75 Å². The largest absolute Gasteiger partial charge is 0.498 e. The predicted octanol–water partition coefficient (Wildman–Crippen LogP) is 0.445. The quantitative estimate of drug-likeness (QED) is 0.578. The molecular weight excluding hydrogens is 171 g/mol. The third-order valence-corrected chi connectivity index (χ3v) is 1.82. The highest BCUT2D eigenvalue weighted by Gasteiger charge is 2.45. The molecule has 0 aromatic heterocycles. The molecule has 0 bridgehead atoms. The molecule has 3 nitrogen and oxygen atoms in total. The Morgan fingerprint density at radius 1 is 1.40 bits per heavy atom. The number of nitriles is 1. The molecule has 0 unspecified atom stereocenters. The second kappa shape index (κ2) is 2.46. The summed E-state index contributed by atoms with van der Waals surface area (Å²) in [5, 5.41) is 7.64. The molecule has 0 amide bonds. The van der Waals surface area contributed by atoms with E-state index in [1.54, 1.807) is 0 Å². The first-order valence-corrected chi connectivity index (χ1v) is 3.62. The number of alkyl halides is 3. The molecule has 0 rings (SSSR count). The molecular formula is C3H2F3NO2S. The van der Waals surface area contributed by atoms with E-state index in [1.165, 1.54) is 0 Å². The maximum absolute atomic E-state index is 11.3. The van der Waals surface area contributed by atoms with Crippen molar-refractivity contribution >= 4 is 9.84 Å². The Morgan fingerprint density at radius 3 is 1.90 bits per heavy atom. The highest BCUT2D eigenvalue weighted by molar-refractivity contribution is 7.92. The topological polar surface area (TPSA) is 57.9 Å². The highest BCUT2D eigenvalue weighted by atomic mass is 32.2. The summed E-state index contributed by atoms with van der Waals surface area (Å²) in [6.45, 7) is 0. The maximum Gasteiger partial charge on any atom is 0.498 e. The van der Waals surface area contributed by atoms with Gasteiger partial charge < -0.3 is 0 Å². The van der Waals surface area contributed by atoms with E-state index in [0.29, 0.717) is 0 Å². The van der Waals surface area contributed by atoms with Crippen LogP contribution in [-0.4, -0.2) is 19.7 Å². The van der Waals surface area contributed by atoms with Crippen molar-refractivity contribution in [2.45, 2.75) is 5.51 Å². The Hall–Kier alpha value is -0.770. The molecule has 0 fully saturated rings. The lowest BCUT2D eigenvalue weighted by molar-refractivity contribution is -0.0432. The van der Waals surface area contributed by atoms with Crippen LogP contribution < -0.4 is 0 Å². The van der Waals surface area contributed by atoms with Crippen molar-refractivity contribution in [3.8, 4) is 6.07 Å². The van der Waals surface area contributed by atoms with Crippen molar-refractivity contribution in [3.05, 3.63) is 0 Å². The van der Waals surface area contributed by atoms with Crippen molar-refractivity contribution in [3.63, 3.8) is 0 Å². The van der Waals surface area contributed by atoms with E-state index < -0.39 is 21.1 Å². The lowest BCUT2D eigenvalue weighted by Crippen LogP contribution is -2.25. The van der Waals surface area contributed by atoms with Crippen molar-refractivity contribution in [1.29, 1.82) is 5.26 Å². The van der Waals surface area contributed by atoms with Crippen LogP contribution in [0.15, 0.2) is 0 Å². The summed E-state index contributed by atoms with van der Waals surface area (Å²) in [5.41, 5.74) is -5.30. The minimum absolute atomic E-state index is 0.907. The number of rotatable bonds is 1. The zero-order valence-electron chi connectivity index (χ0n) is 4.51. The zero-order chi connectivity index (χ0) is 8.41. The standard InChI is InChI=1S/C3H2F3NO2S/c4-3(5,6)10(8,9)2-1-7/h2H2. The molecule has 10 heavy (non-hydrogen) atoms. The lowest BCUT2D eigenvalue weighted by Gasteiger charge is -2.01. The summed E-state index contributed by atoms with van der Waals surface area (Å²) >= 11 is 0. The predicted molar refractivity (Wildman–Crippen MR) is 25.5 cm³/mol. The summed E-state index contributed by atoms with van der Waals surface area (Å²) in [6, 6.07) is 0.907. The van der Waals surface area contributed by atoms with Crippen LogP contribution in [0.4, 0.5) is 13.2 Å². The van der Waals surface area contributed by atoms with Crippen LogP contribution in [-0.2, 0) is 9.84 Å². The molecule has 0 radical (unpaired) electrons. The fraction of sp³-hybridized carbons (Fsp3) is 0.667. The van der Waals surface area contributed by atoms with Crippen molar-refractivity contribution < 1.29 is 21.6 Å². The van der Waals surface area contributed by atoms with Crippen molar-refractivity contribution in [1.82, 2.24) is 0 Å². The smallest absolute Gasteiger partial charge is 0.218 e. The van der Waals surface area contributed by atoms with Gasteiger partial charge in [0, 0.05) is 0 Å². The molecule has 0 atom stereocenters. The second-order valence-electron chi connectivity index (χ2n) is 1.36. The molecule has 0 spiro atoms. The summed E-state index contributed by atoms with van der Waals surface area (Å²) in [4.78, 5) is 0.